The number of aliphatic hydroxyl groups excluding tert-OH is 1. The molecule has 1 N–H and O–H groups in total. The van der Waals surface area contributed by atoms with E-state index in [0.717, 1.165) is 24.0 Å². The first-order valence-electron chi connectivity index (χ1n) is 6.79. The Morgan fingerprint density at radius 2 is 2.14 bits per heavy atom. The third kappa shape index (κ3) is 2.74. The molecule has 0 aliphatic heterocycles. The third-order valence-electron chi connectivity index (χ3n) is 3.73. The van der Waals surface area contributed by atoms with Gasteiger partial charge in [-0.2, -0.15) is 5.26 Å². The standard InChI is InChI=1S/C17H14FNO2/c18-16-5-1-11(9-19)7-13(16)10-21-14-3-4-15-12(8-14)2-6-17(15)20/h1,3-5,7-8,17,20H,2,6,10H2/t17-/m0/s1. The molecule has 1 aliphatic carbocycles. The van der Waals surface area contributed by atoms with Crippen LogP contribution in [0.25, 0.3) is 0 Å². The number of ether oxygens (including phenoxy) is 1. The van der Waals surface area contributed by atoms with Crippen molar-refractivity contribution in [1.29, 1.82) is 5.26 Å². The summed E-state index contributed by atoms with van der Waals surface area (Å²) in [4.78, 5) is 0. The zero-order chi connectivity index (χ0) is 14.8. The lowest BCUT2D eigenvalue weighted by Crippen LogP contribution is -2.00. The van der Waals surface area contributed by atoms with Gasteiger partial charge in [-0.05, 0) is 54.3 Å². The van der Waals surface area contributed by atoms with E-state index < -0.39 is 0 Å². The van der Waals surface area contributed by atoms with Crippen LogP contribution in [0.15, 0.2) is 36.4 Å². The van der Waals surface area contributed by atoms with E-state index in [1.54, 1.807) is 6.07 Å². The van der Waals surface area contributed by atoms with E-state index in [-0.39, 0.29) is 18.5 Å². The summed E-state index contributed by atoms with van der Waals surface area (Å²) < 4.78 is 19.3. The maximum absolute atomic E-state index is 13.7. The van der Waals surface area contributed by atoms with Crippen LogP contribution in [0.2, 0.25) is 0 Å². The third-order valence-corrected chi connectivity index (χ3v) is 3.73. The molecule has 0 fully saturated rings. The van der Waals surface area contributed by atoms with Crippen LogP contribution in [-0.2, 0) is 13.0 Å². The van der Waals surface area contributed by atoms with Crippen molar-refractivity contribution in [2.75, 3.05) is 0 Å². The Hall–Kier alpha value is -2.38. The van der Waals surface area contributed by atoms with Crippen molar-refractivity contribution in [2.24, 2.45) is 0 Å². The van der Waals surface area contributed by atoms with Crippen LogP contribution in [0, 0.1) is 17.1 Å². The first-order chi connectivity index (χ1) is 10.2. The molecule has 3 rings (SSSR count). The zero-order valence-electron chi connectivity index (χ0n) is 11.3. The minimum Gasteiger partial charge on any atom is -0.489 e. The van der Waals surface area contributed by atoms with E-state index in [1.807, 2.05) is 18.2 Å². The summed E-state index contributed by atoms with van der Waals surface area (Å²) in [5.41, 5.74) is 2.79. The second-order valence-corrected chi connectivity index (χ2v) is 5.12. The highest BCUT2D eigenvalue weighted by Gasteiger charge is 2.20. The van der Waals surface area contributed by atoms with E-state index in [9.17, 15) is 9.50 Å². The normalized spacial score (nSPS) is 16.3. The van der Waals surface area contributed by atoms with Gasteiger partial charge in [0.05, 0.1) is 17.7 Å². The molecule has 0 unspecified atom stereocenters. The number of hydrogen-bond donors (Lipinski definition) is 1. The average molecular weight is 283 g/mol. The van der Waals surface area contributed by atoms with Gasteiger partial charge in [0, 0.05) is 5.56 Å². The Balaban J connectivity index is 1.75. The molecule has 1 atom stereocenters. The molecule has 0 bridgehead atoms. The number of nitriles is 1. The molecule has 3 nitrogen and oxygen atoms in total. The van der Waals surface area contributed by atoms with Gasteiger partial charge in [-0.3, -0.25) is 0 Å². The van der Waals surface area contributed by atoms with Crippen LogP contribution < -0.4 is 4.74 Å². The van der Waals surface area contributed by atoms with Crippen molar-refractivity contribution in [3.63, 3.8) is 0 Å². The molecule has 1 aliphatic rings. The van der Waals surface area contributed by atoms with Crippen molar-refractivity contribution < 1.29 is 14.2 Å². The minimum atomic E-state index is -0.390. The molecular formula is C17H14FNO2. The van der Waals surface area contributed by atoms with Crippen LogP contribution in [0.1, 0.15) is 34.8 Å². The lowest BCUT2D eigenvalue weighted by Gasteiger charge is -2.10. The highest BCUT2D eigenvalue weighted by Crippen LogP contribution is 2.33. The molecule has 2 aromatic rings. The molecule has 4 heteroatoms. The molecule has 0 radical (unpaired) electrons. The monoisotopic (exact) mass is 283 g/mol. The second-order valence-electron chi connectivity index (χ2n) is 5.12. The number of nitrogens with zero attached hydrogens (tertiary/aromatic N) is 1. The molecule has 0 heterocycles. The summed E-state index contributed by atoms with van der Waals surface area (Å²) in [7, 11) is 0. The number of benzene rings is 2. The Bertz CT molecular complexity index is 721. The van der Waals surface area contributed by atoms with Crippen molar-refractivity contribution in [2.45, 2.75) is 25.6 Å². The van der Waals surface area contributed by atoms with Gasteiger partial charge in [0.15, 0.2) is 0 Å². The Morgan fingerprint density at radius 3 is 2.95 bits per heavy atom. The molecular weight excluding hydrogens is 269 g/mol. The van der Waals surface area contributed by atoms with Crippen molar-refractivity contribution >= 4 is 0 Å². The maximum Gasteiger partial charge on any atom is 0.129 e. The van der Waals surface area contributed by atoms with E-state index in [1.165, 1.54) is 18.2 Å². The van der Waals surface area contributed by atoms with Gasteiger partial charge in [0.25, 0.3) is 0 Å². The minimum absolute atomic E-state index is 0.0721. The molecule has 0 saturated carbocycles. The molecule has 0 spiro atoms. The molecule has 106 valence electrons. The molecule has 2 aromatic carbocycles. The topological polar surface area (TPSA) is 53.2 Å². The smallest absolute Gasteiger partial charge is 0.129 e. The van der Waals surface area contributed by atoms with Crippen LogP contribution in [-0.4, -0.2) is 5.11 Å². The number of fused-ring (bicyclic) bond motifs is 1. The van der Waals surface area contributed by atoms with E-state index in [0.29, 0.717) is 16.9 Å². The van der Waals surface area contributed by atoms with Gasteiger partial charge in [-0.25, -0.2) is 4.39 Å². The zero-order valence-corrected chi connectivity index (χ0v) is 11.3. The lowest BCUT2D eigenvalue weighted by atomic mass is 10.1. The van der Waals surface area contributed by atoms with Crippen LogP contribution in [0.5, 0.6) is 5.75 Å². The fraction of sp³-hybridized carbons (Fsp3) is 0.235. The van der Waals surface area contributed by atoms with Crippen LogP contribution in [0.4, 0.5) is 4.39 Å². The van der Waals surface area contributed by atoms with Gasteiger partial charge in [-0.1, -0.05) is 6.07 Å². The Morgan fingerprint density at radius 1 is 1.29 bits per heavy atom. The fourth-order valence-corrected chi connectivity index (χ4v) is 2.58. The van der Waals surface area contributed by atoms with E-state index in [4.69, 9.17) is 10.00 Å². The predicted molar refractivity (Wildman–Crippen MR) is 75.2 cm³/mol. The Kier molecular flexibility index (Phi) is 3.59. The lowest BCUT2D eigenvalue weighted by molar-refractivity contribution is 0.180. The summed E-state index contributed by atoms with van der Waals surface area (Å²) in [5.74, 6) is 0.259. The first-order valence-corrected chi connectivity index (χ1v) is 6.79. The van der Waals surface area contributed by atoms with E-state index in [2.05, 4.69) is 0 Å². The summed E-state index contributed by atoms with van der Waals surface area (Å²) in [5, 5.41) is 18.6. The highest BCUT2D eigenvalue weighted by atomic mass is 19.1. The van der Waals surface area contributed by atoms with E-state index >= 15 is 0 Å². The number of hydrogen-bond acceptors (Lipinski definition) is 3. The van der Waals surface area contributed by atoms with Crippen molar-refractivity contribution in [1.82, 2.24) is 0 Å². The first kappa shape index (κ1) is 13.6. The number of rotatable bonds is 3. The summed E-state index contributed by atoms with van der Waals surface area (Å²) in [6.45, 7) is 0.0721. The van der Waals surface area contributed by atoms with Crippen LogP contribution in [0.3, 0.4) is 0 Å². The quantitative estimate of drug-likeness (QED) is 0.940. The number of aliphatic hydroxyl groups is 1. The maximum atomic E-state index is 13.7. The SMILES string of the molecule is N#Cc1ccc(F)c(COc2ccc3c(c2)CC[C@@H]3O)c1. The number of halogens is 1. The predicted octanol–water partition coefficient (Wildman–Crippen LogP) is 3.26. The van der Waals surface area contributed by atoms with Gasteiger partial charge in [0.1, 0.15) is 18.2 Å². The van der Waals surface area contributed by atoms with Gasteiger partial charge in [0.2, 0.25) is 0 Å². The van der Waals surface area contributed by atoms with Crippen molar-refractivity contribution in [3.05, 3.63) is 64.5 Å². The Labute approximate surface area is 122 Å². The average Bonchev–Trinajstić information content (AvgIpc) is 2.87. The van der Waals surface area contributed by atoms with Gasteiger partial charge >= 0.3 is 0 Å². The molecule has 0 aromatic heterocycles. The molecule has 21 heavy (non-hydrogen) atoms. The highest BCUT2D eigenvalue weighted by molar-refractivity contribution is 5.40. The fourth-order valence-electron chi connectivity index (χ4n) is 2.58. The van der Waals surface area contributed by atoms with Gasteiger partial charge < -0.3 is 9.84 Å². The van der Waals surface area contributed by atoms with Crippen LogP contribution >= 0.6 is 0 Å². The molecule has 0 amide bonds. The molecule has 0 saturated heterocycles. The number of aryl methyl sites for hydroxylation is 1. The summed E-state index contributed by atoms with van der Waals surface area (Å²) >= 11 is 0. The largest absolute Gasteiger partial charge is 0.489 e. The summed E-state index contributed by atoms with van der Waals surface area (Å²) in [6, 6.07) is 11.7. The van der Waals surface area contributed by atoms with Crippen molar-refractivity contribution in [3.8, 4) is 11.8 Å². The second kappa shape index (κ2) is 5.55. The summed E-state index contributed by atoms with van der Waals surface area (Å²) in [6.07, 6.45) is 1.17. The van der Waals surface area contributed by atoms with Gasteiger partial charge in [-0.15, -0.1) is 0 Å².